The predicted octanol–water partition coefficient (Wildman–Crippen LogP) is 9.08. The SMILES string of the molecule is c1ccc(-c2cc(-c3cccc(-n4c5c(c6ccccc64)CCCCCC5)n3)cc(-c3ccccc3)n2)cc1. The zero-order valence-electron chi connectivity index (χ0n) is 22.1. The number of benzene rings is 3. The summed E-state index contributed by atoms with van der Waals surface area (Å²) in [5.41, 5.74) is 10.4. The molecule has 0 atom stereocenters. The van der Waals surface area contributed by atoms with Crippen LogP contribution in [0, 0.1) is 0 Å². The third kappa shape index (κ3) is 4.55. The fourth-order valence-electron chi connectivity index (χ4n) is 6.01. The Balaban J connectivity index is 1.40. The molecule has 0 fully saturated rings. The Kier molecular flexibility index (Phi) is 6.26. The molecule has 0 bridgehead atoms. The fraction of sp³-hybridized carbons (Fsp3) is 0.167. The van der Waals surface area contributed by atoms with E-state index in [0.29, 0.717) is 0 Å². The molecule has 0 saturated carbocycles. The van der Waals surface area contributed by atoms with Crippen LogP contribution in [0.4, 0.5) is 0 Å². The first kappa shape index (κ1) is 23.6. The third-order valence-electron chi connectivity index (χ3n) is 7.90. The van der Waals surface area contributed by atoms with Crippen LogP contribution in [-0.2, 0) is 12.8 Å². The van der Waals surface area contributed by atoms with Crippen LogP contribution in [0.1, 0.15) is 36.9 Å². The maximum atomic E-state index is 5.30. The second-order valence-corrected chi connectivity index (χ2v) is 10.4. The van der Waals surface area contributed by atoms with Crippen LogP contribution in [0.3, 0.4) is 0 Å². The molecular weight excluding hydrogens is 474 g/mol. The zero-order chi connectivity index (χ0) is 26.0. The van der Waals surface area contributed by atoms with E-state index in [1.807, 2.05) is 12.1 Å². The van der Waals surface area contributed by atoms with E-state index in [9.17, 15) is 0 Å². The van der Waals surface area contributed by atoms with Gasteiger partial charge in [0.2, 0.25) is 0 Å². The largest absolute Gasteiger partial charge is 0.298 e. The van der Waals surface area contributed by atoms with Crippen molar-refractivity contribution in [2.75, 3.05) is 0 Å². The standard InChI is InChI=1S/C36H31N3/c1-2-10-21-34-29(18-9-1)30-19-11-12-22-35(30)39(34)36-23-13-20-31(38-36)28-24-32(26-14-5-3-6-15-26)37-33(25-28)27-16-7-4-8-17-27/h3-8,11-17,19-20,22-25H,1-2,9-10,18,21H2. The Morgan fingerprint density at radius 2 is 1.13 bits per heavy atom. The number of hydrogen-bond acceptors (Lipinski definition) is 2. The van der Waals surface area contributed by atoms with Crippen LogP contribution in [-0.4, -0.2) is 14.5 Å². The minimum Gasteiger partial charge on any atom is -0.298 e. The first-order valence-corrected chi connectivity index (χ1v) is 14.1. The molecule has 39 heavy (non-hydrogen) atoms. The molecule has 3 heteroatoms. The number of para-hydroxylation sites is 1. The van der Waals surface area contributed by atoms with Crippen molar-refractivity contribution in [1.82, 2.24) is 14.5 Å². The van der Waals surface area contributed by atoms with Gasteiger partial charge >= 0.3 is 0 Å². The topological polar surface area (TPSA) is 30.7 Å². The monoisotopic (exact) mass is 505 g/mol. The Labute approximate surface area is 229 Å². The van der Waals surface area contributed by atoms with Crippen molar-refractivity contribution >= 4 is 10.9 Å². The average Bonchev–Trinajstić information content (AvgIpc) is 3.30. The average molecular weight is 506 g/mol. The molecule has 0 amide bonds. The van der Waals surface area contributed by atoms with Gasteiger partial charge in [0.1, 0.15) is 5.82 Å². The van der Waals surface area contributed by atoms with E-state index < -0.39 is 0 Å². The maximum Gasteiger partial charge on any atom is 0.138 e. The van der Waals surface area contributed by atoms with Gasteiger partial charge in [-0.15, -0.1) is 0 Å². The van der Waals surface area contributed by atoms with Crippen LogP contribution < -0.4 is 0 Å². The van der Waals surface area contributed by atoms with E-state index in [2.05, 4.69) is 108 Å². The molecule has 6 aromatic rings. The van der Waals surface area contributed by atoms with Crippen molar-refractivity contribution in [1.29, 1.82) is 0 Å². The van der Waals surface area contributed by atoms with Gasteiger partial charge in [-0.05, 0) is 61.6 Å². The lowest BCUT2D eigenvalue weighted by atomic mass is 9.97. The second kappa shape index (κ2) is 10.3. The lowest BCUT2D eigenvalue weighted by molar-refractivity contribution is 0.608. The van der Waals surface area contributed by atoms with Gasteiger partial charge in [0.25, 0.3) is 0 Å². The summed E-state index contributed by atoms with van der Waals surface area (Å²) in [6.07, 6.45) is 7.36. The van der Waals surface area contributed by atoms with Gasteiger partial charge in [0.15, 0.2) is 0 Å². The molecule has 3 nitrogen and oxygen atoms in total. The molecule has 3 aromatic carbocycles. The van der Waals surface area contributed by atoms with Crippen molar-refractivity contribution in [3.8, 4) is 39.6 Å². The number of rotatable bonds is 4. The summed E-state index contributed by atoms with van der Waals surface area (Å²) in [6.45, 7) is 0. The number of aryl methyl sites for hydroxylation is 1. The van der Waals surface area contributed by atoms with E-state index in [4.69, 9.17) is 9.97 Å². The van der Waals surface area contributed by atoms with Crippen LogP contribution in [0.15, 0.2) is 115 Å². The molecule has 3 heterocycles. The molecule has 0 spiro atoms. The number of pyridine rings is 2. The quantitative estimate of drug-likeness (QED) is 0.239. The van der Waals surface area contributed by atoms with E-state index in [1.54, 1.807) is 0 Å². The molecule has 0 saturated heterocycles. The highest BCUT2D eigenvalue weighted by atomic mass is 15.1. The highest BCUT2D eigenvalue weighted by Gasteiger charge is 2.20. The summed E-state index contributed by atoms with van der Waals surface area (Å²) in [5, 5.41) is 1.38. The second-order valence-electron chi connectivity index (χ2n) is 10.4. The first-order valence-electron chi connectivity index (χ1n) is 14.1. The summed E-state index contributed by atoms with van der Waals surface area (Å²) in [6, 6.07) is 40.5. The molecule has 7 rings (SSSR count). The summed E-state index contributed by atoms with van der Waals surface area (Å²) in [7, 11) is 0. The van der Waals surface area contributed by atoms with Gasteiger partial charge in [0.05, 0.1) is 22.6 Å². The number of fused-ring (bicyclic) bond motifs is 3. The number of hydrogen-bond donors (Lipinski definition) is 0. The van der Waals surface area contributed by atoms with Crippen LogP contribution >= 0.6 is 0 Å². The normalized spacial score (nSPS) is 13.5. The lowest BCUT2D eigenvalue weighted by Gasteiger charge is -2.15. The highest BCUT2D eigenvalue weighted by Crippen LogP contribution is 2.34. The molecule has 1 aliphatic carbocycles. The van der Waals surface area contributed by atoms with Crippen molar-refractivity contribution in [3.05, 3.63) is 127 Å². The van der Waals surface area contributed by atoms with Gasteiger partial charge in [-0.1, -0.05) is 97.8 Å². The van der Waals surface area contributed by atoms with Crippen LogP contribution in [0.5, 0.6) is 0 Å². The molecule has 0 aliphatic heterocycles. The molecular formula is C36H31N3. The van der Waals surface area contributed by atoms with Gasteiger partial charge in [-0.25, -0.2) is 9.97 Å². The zero-order valence-corrected chi connectivity index (χ0v) is 22.1. The van der Waals surface area contributed by atoms with Gasteiger partial charge in [-0.3, -0.25) is 4.57 Å². The van der Waals surface area contributed by atoms with E-state index >= 15 is 0 Å². The predicted molar refractivity (Wildman–Crippen MR) is 161 cm³/mol. The van der Waals surface area contributed by atoms with E-state index in [0.717, 1.165) is 52.4 Å². The number of nitrogens with zero attached hydrogens (tertiary/aromatic N) is 3. The molecule has 0 unspecified atom stereocenters. The Morgan fingerprint density at radius 1 is 0.487 bits per heavy atom. The summed E-state index contributed by atoms with van der Waals surface area (Å²) in [5.74, 6) is 0.991. The van der Waals surface area contributed by atoms with Crippen LogP contribution in [0.25, 0.3) is 50.5 Å². The smallest absolute Gasteiger partial charge is 0.138 e. The van der Waals surface area contributed by atoms with Crippen molar-refractivity contribution in [2.45, 2.75) is 38.5 Å². The van der Waals surface area contributed by atoms with E-state index in [-0.39, 0.29) is 0 Å². The fourth-order valence-corrected chi connectivity index (χ4v) is 6.01. The maximum absolute atomic E-state index is 5.30. The Hall–Kier alpha value is -4.50. The minimum absolute atomic E-state index is 0.954. The first-order chi connectivity index (χ1) is 19.3. The molecule has 190 valence electrons. The van der Waals surface area contributed by atoms with Crippen molar-refractivity contribution in [3.63, 3.8) is 0 Å². The van der Waals surface area contributed by atoms with E-state index in [1.165, 1.54) is 47.8 Å². The highest BCUT2D eigenvalue weighted by molar-refractivity contribution is 5.87. The Bertz CT molecular complexity index is 1690. The van der Waals surface area contributed by atoms with Crippen molar-refractivity contribution in [2.24, 2.45) is 0 Å². The molecule has 3 aromatic heterocycles. The van der Waals surface area contributed by atoms with Gasteiger partial charge < -0.3 is 0 Å². The molecule has 0 radical (unpaired) electrons. The minimum atomic E-state index is 0.954. The summed E-state index contributed by atoms with van der Waals surface area (Å²) < 4.78 is 2.43. The van der Waals surface area contributed by atoms with Crippen LogP contribution in [0.2, 0.25) is 0 Å². The van der Waals surface area contributed by atoms with Gasteiger partial charge in [0, 0.05) is 27.8 Å². The molecule has 0 N–H and O–H groups in total. The summed E-state index contributed by atoms with van der Waals surface area (Å²) in [4.78, 5) is 10.4. The van der Waals surface area contributed by atoms with Crippen molar-refractivity contribution < 1.29 is 0 Å². The number of aromatic nitrogens is 3. The third-order valence-corrected chi connectivity index (χ3v) is 7.90. The lowest BCUT2D eigenvalue weighted by Crippen LogP contribution is -2.06. The Morgan fingerprint density at radius 3 is 1.85 bits per heavy atom. The summed E-state index contributed by atoms with van der Waals surface area (Å²) >= 11 is 0. The van der Waals surface area contributed by atoms with Gasteiger partial charge in [-0.2, -0.15) is 0 Å². The molecule has 1 aliphatic rings.